The fourth-order valence-electron chi connectivity index (χ4n) is 2.57. The van der Waals surface area contributed by atoms with Crippen molar-refractivity contribution in [2.24, 2.45) is 5.73 Å². The summed E-state index contributed by atoms with van der Waals surface area (Å²) in [6.07, 6.45) is 4.61. The van der Waals surface area contributed by atoms with Gasteiger partial charge < -0.3 is 10.5 Å². The van der Waals surface area contributed by atoms with Gasteiger partial charge in [-0.25, -0.2) is 0 Å². The quantitative estimate of drug-likeness (QED) is 0.755. The minimum Gasteiger partial charge on any atom is -0.454 e. The molecule has 1 aromatic heterocycles. The Labute approximate surface area is 136 Å². The monoisotopic (exact) mass is 307 g/mol. The molecule has 0 atom stereocenters. The van der Waals surface area contributed by atoms with Gasteiger partial charge >= 0.3 is 0 Å². The Morgan fingerprint density at radius 1 is 1.09 bits per heavy atom. The second-order valence-corrected chi connectivity index (χ2v) is 5.53. The van der Waals surface area contributed by atoms with Crippen molar-refractivity contribution in [2.45, 2.75) is 26.4 Å². The number of hydrogen-bond donors (Lipinski definition) is 1. The minimum absolute atomic E-state index is 0.462. The summed E-state index contributed by atoms with van der Waals surface area (Å²) in [5.74, 6) is 1.54. The van der Waals surface area contributed by atoms with E-state index in [2.05, 4.69) is 29.4 Å². The molecule has 23 heavy (non-hydrogen) atoms. The molecule has 0 aliphatic rings. The lowest BCUT2D eigenvalue weighted by molar-refractivity contribution is 0.474. The van der Waals surface area contributed by atoms with Gasteiger partial charge in [0.15, 0.2) is 5.75 Å². The molecule has 2 N–H and O–H groups in total. The lowest BCUT2D eigenvalue weighted by atomic mass is 10.1. The number of aromatic nitrogens is 2. The van der Waals surface area contributed by atoms with Crippen LogP contribution in [0.2, 0.25) is 0 Å². The van der Waals surface area contributed by atoms with Crippen molar-refractivity contribution < 1.29 is 4.74 Å². The second-order valence-electron chi connectivity index (χ2n) is 5.53. The van der Waals surface area contributed by atoms with Crippen molar-refractivity contribution in [1.29, 1.82) is 0 Å². The molecule has 0 aliphatic carbocycles. The first-order valence-electron chi connectivity index (χ1n) is 7.79. The fraction of sp³-hybridized carbons (Fsp3) is 0.211. The summed E-state index contributed by atoms with van der Waals surface area (Å²) in [7, 11) is 0. The van der Waals surface area contributed by atoms with E-state index in [-0.39, 0.29) is 0 Å². The van der Waals surface area contributed by atoms with E-state index in [9.17, 15) is 0 Å². The Morgan fingerprint density at radius 2 is 1.91 bits per heavy atom. The Kier molecular flexibility index (Phi) is 4.74. The van der Waals surface area contributed by atoms with Crippen LogP contribution in [0.4, 0.5) is 0 Å². The summed E-state index contributed by atoms with van der Waals surface area (Å²) in [6.45, 7) is 3.33. The lowest BCUT2D eigenvalue weighted by Gasteiger charge is -2.10. The Bertz CT molecular complexity index is 765. The molecule has 0 saturated carbocycles. The molecule has 0 radical (unpaired) electrons. The first-order chi connectivity index (χ1) is 11.3. The van der Waals surface area contributed by atoms with Crippen molar-refractivity contribution in [3.8, 4) is 11.5 Å². The topological polar surface area (TPSA) is 53.1 Å². The van der Waals surface area contributed by atoms with Crippen LogP contribution in [-0.4, -0.2) is 9.78 Å². The van der Waals surface area contributed by atoms with Crippen LogP contribution in [0.3, 0.4) is 0 Å². The van der Waals surface area contributed by atoms with E-state index >= 15 is 0 Å². The molecule has 0 amide bonds. The van der Waals surface area contributed by atoms with Crippen LogP contribution in [0.15, 0.2) is 60.9 Å². The third-order valence-electron chi connectivity index (χ3n) is 3.88. The average molecular weight is 307 g/mol. The number of hydrogen-bond acceptors (Lipinski definition) is 3. The Balaban J connectivity index is 1.67. The van der Waals surface area contributed by atoms with Crippen molar-refractivity contribution in [3.63, 3.8) is 0 Å². The molecular weight excluding hydrogens is 286 g/mol. The zero-order valence-electron chi connectivity index (χ0n) is 13.3. The van der Waals surface area contributed by atoms with Crippen LogP contribution < -0.4 is 10.5 Å². The predicted molar refractivity (Wildman–Crippen MR) is 91.5 cm³/mol. The van der Waals surface area contributed by atoms with E-state index in [1.54, 1.807) is 6.20 Å². The highest BCUT2D eigenvalue weighted by atomic mass is 16.5. The van der Waals surface area contributed by atoms with E-state index in [4.69, 9.17) is 10.5 Å². The van der Waals surface area contributed by atoms with E-state index in [0.717, 1.165) is 35.6 Å². The van der Waals surface area contributed by atoms with E-state index in [0.29, 0.717) is 6.54 Å². The van der Waals surface area contributed by atoms with Gasteiger partial charge in [0.05, 0.1) is 12.4 Å². The maximum atomic E-state index is 5.95. The normalized spacial score (nSPS) is 10.7. The van der Waals surface area contributed by atoms with E-state index in [1.807, 2.05) is 42.1 Å². The van der Waals surface area contributed by atoms with Crippen molar-refractivity contribution in [2.75, 3.05) is 0 Å². The highest BCUT2D eigenvalue weighted by Gasteiger charge is 2.08. The summed E-state index contributed by atoms with van der Waals surface area (Å²) in [5, 5.41) is 4.37. The molecule has 2 aromatic carbocycles. The molecule has 3 aromatic rings. The second kappa shape index (κ2) is 7.11. The molecule has 0 spiro atoms. The zero-order chi connectivity index (χ0) is 16.1. The first-order valence-corrected chi connectivity index (χ1v) is 7.79. The fourth-order valence-corrected chi connectivity index (χ4v) is 2.57. The van der Waals surface area contributed by atoms with Crippen LogP contribution in [0.25, 0.3) is 0 Å². The lowest BCUT2D eigenvalue weighted by Crippen LogP contribution is -2.02. The van der Waals surface area contributed by atoms with Gasteiger partial charge in [-0.3, -0.25) is 4.68 Å². The molecule has 0 unspecified atom stereocenters. The van der Waals surface area contributed by atoms with Crippen LogP contribution in [0, 0.1) is 6.92 Å². The van der Waals surface area contributed by atoms with Gasteiger partial charge in [0.1, 0.15) is 5.75 Å². The van der Waals surface area contributed by atoms with Gasteiger partial charge in [-0.05, 0) is 30.5 Å². The third-order valence-corrected chi connectivity index (χ3v) is 3.88. The van der Waals surface area contributed by atoms with E-state index in [1.165, 1.54) is 5.56 Å². The minimum atomic E-state index is 0.462. The molecule has 0 fully saturated rings. The number of nitrogens with zero attached hydrogens (tertiary/aromatic N) is 2. The number of nitrogens with two attached hydrogens (primary N) is 1. The molecule has 118 valence electrons. The van der Waals surface area contributed by atoms with Crippen LogP contribution in [-0.2, 0) is 19.5 Å². The number of aryl methyl sites for hydroxylation is 3. The number of benzene rings is 2. The highest BCUT2D eigenvalue weighted by molar-refractivity contribution is 5.41. The molecule has 4 heteroatoms. The van der Waals surface area contributed by atoms with Gasteiger partial charge in [0.25, 0.3) is 0 Å². The highest BCUT2D eigenvalue weighted by Crippen LogP contribution is 2.27. The van der Waals surface area contributed by atoms with Gasteiger partial charge in [-0.15, -0.1) is 0 Å². The predicted octanol–water partition coefficient (Wildman–Crippen LogP) is 3.69. The summed E-state index contributed by atoms with van der Waals surface area (Å²) in [6, 6.07) is 16.3. The smallest absolute Gasteiger partial charge is 0.165 e. The standard InChI is InChI=1S/C19H21N3O/c1-15-6-5-9-19(18(15)12-20)23-17-13-21-22(14-17)11-10-16-7-3-2-4-8-16/h2-9,13-14H,10-12,20H2,1H3. The zero-order valence-corrected chi connectivity index (χ0v) is 13.3. The van der Waals surface area contributed by atoms with Crippen LogP contribution in [0.1, 0.15) is 16.7 Å². The van der Waals surface area contributed by atoms with Crippen molar-refractivity contribution >= 4 is 0 Å². The summed E-state index contributed by atoms with van der Waals surface area (Å²) in [4.78, 5) is 0. The Hall–Kier alpha value is -2.59. The molecule has 1 heterocycles. The molecule has 0 aliphatic heterocycles. The summed E-state index contributed by atoms with van der Waals surface area (Å²) in [5.41, 5.74) is 9.29. The summed E-state index contributed by atoms with van der Waals surface area (Å²) >= 11 is 0. The Morgan fingerprint density at radius 3 is 2.70 bits per heavy atom. The number of rotatable bonds is 6. The third kappa shape index (κ3) is 3.79. The van der Waals surface area contributed by atoms with Gasteiger partial charge in [-0.1, -0.05) is 42.5 Å². The van der Waals surface area contributed by atoms with Gasteiger partial charge in [0, 0.05) is 18.7 Å². The number of ether oxygens (including phenoxy) is 1. The van der Waals surface area contributed by atoms with Crippen LogP contribution >= 0.6 is 0 Å². The van der Waals surface area contributed by atoms with Gasteiger partial charge in [0.2, 0.25) is 0 Å². The van der Waals surface area contributed by atoms with Gasteiger partial charge in [-0.2, -0.15) is 5.10 Å². The molecule has 3 rings (SSSR count). The average Bonchev–Trinajstić information content (AvgIpc) is 3.02. The molecule has 0 bridgehead atoms. The molecular formula is C19H21N3O. The molecule has 0 saturated heterocycles. The van der Waals surface area contributed by atoms with Crippen LogP contribution in [0.5, 0.6) is 11.5 Å². The van der Waals surface area contributed by atoms with Crippen molar-refractivity contribution in [1.82, 2.24) is 9.78 Å². The largest absolute Gasteiger partial charge is 0.454 e. The molecule has 4 nitrogen and oxygen atoms in total. The SMILES string of the molecule is Cc1cccc(Oc2cnn(CCc3ccccc3)c2)c1CN. The first kappa shape index (κ1) is 15.3. The maximum absolute atomic E-state index is 5.95. The van der Waals surface area contributed by atoms with Crippen molar-refractivity contribution in [3.05, 3.63) is 77.6 Å². The van der Waals surface area contributed by atoms with E-state index < -0.39 is 0 Å². The summed E-state index contributed by atoms with van der Waals surface area (Å²) < 4.78 is 7.85. The maximum Gasteiger partial charge on any atom is 0.165 e.